The summed E-state index contributed by atoms with van der Waals surface area (Å²) < 4.78 is 0. The maximum atomic E-state index is 3.70. The van der Waals surface area contributed by atoms with Gasteiger partial charge >= 0.3 is 0 Å². The highest BCUT2D eigenvalue weighted by molar-refractivity contribution is 7.10. The molecule has 3 rings (SSSR count). The molecule has 0 spiro atoms. The van der Waals surface area contributed by atoms with Crippen molar-refractivity contribution >= 4 is 22.7 Å². The zero-order valence-corrected chi connectivity index (χ0v) is 12.3. The third kappa shape index (κ3) is 2.27. The Morgan fingerprint density at radius 3 is 3.06 bits per heavy atom. The lowest BCUT2D eigenvalue weighted by atomic mass is 9.82. The van der Waals surface area contributed by atoms with Gasteiger partial charge < -0.3 is 5.32 Å². The maximum absolute atomic E-state index is 3.70. The monoisotopic (exact) mass is 277 g/mol. The lowest BCUT2D eigenvalue weighted by Crippen LogP contribution is -2.28. The van der Waals surface area contributed by atoms with Crippen LogP contribution in [0.5, 0.6) is 0 Å². The molecule has 18 heavy (non-hydrogen) atoms. The SMILES string of the molecule is CCNC(c1cccs1)C1CCCc2sccc21. The standard InChI is InChI=1S/C15H19NS2/c1-2-16-15(14-7-4-9-17-14)12-5-3-6-13-11(12)8-10-18-13/h4,7-10,12,15-16H,2-3,5-6H2,1H3. The van der Waals surface area contributed by atoms with E-state index >= 15 is 0 Å². The Balaban J connectivity index is 1.93. The first-order valence-electron chi connectivity index (χ1n) is 6.73. The molecule has 2 unspecified atom stereocenters. The summed E-state index contributed by atoms with van der Waals surface area (Å²) in [5, 5.41) is 8.16. The molecule has 0 saturated heterocycles. The lowest BCUT2D eigenvalue weighted by molar-refractivity contribution is 0.416. The van der Waals surface area contributed by atoms with Gasteiger partial charge in [-0.2, -0.15) is 0 Å². The summed E-state index contributed by atoms with van der Waals surface area (Å²) in [5.74, 6) is 0.665. The van der Waals surface area contributed by atoms with Crippen molar-refractivity contribution < 1.29 is 0 Å². The molecule has 96 valence electrons. The van der Waals surface area contributed by atoms with Gasteiger partial charge in [-0.15, -0.1) is 22.7 Å². The normalized spacial score (nSPS) is 20.6. The van der Waals surface area contributed by atoms with Crippen LogP contribution in [0.2, 0.25) is 0 Å². The Kier molecular flexibility index (Phi) is 3.83. The fourth-order valence-corrected chi connectivity index (χ4v) is 4.86. The molecule has 0 amide bonds. The molecule has 2 aromatic rings. The van der Waals surface area contributed by atoms with Gasteiger partial charge in [0.05, 0.1) is 0 Å². The minimum atomic E-state index is 0.503. The van der Waals surface area contributed by atoms with E-state index in [1.165, 1.54) is 24.1 Å². The van der Waals surface area contributed by atoms with E-state index < -0.39 is 0 Å². The molecule has 0 bridgehead atoms. The van der Waals surface area contributed by atoms with Crippen LogP contribution < -0.4 is 5.32 Å². The third-order valence-corrected chi connectivity index (χ3v) is 5.73. The highest BCUT2D eigenvalue weighted by Crippen LogP contribution is 2.43. The van der Waals surface area contributed by atoms with Crippen molar-refractivity contribution in [3.05, 3.63) is 44.3 Å². The summed E-state index contributed by atoms with van der Waals surface area (Å²) >= 11 is 3.82. The smallest absolute Gasteiger partial charge is 0.0484 e. The second-order valence-electron chi connectivity index (χ2n) is 4.85. The largest absolute Gasteiger partial charge is 0.309 e. The van der Waals surface area contributed by atoms with Crippen molar-refractivity contribution in [3.63, 3.8) is 0 Å². The maximum Gasteiger partial charge on any atom is 0.0484 e. The molecule has 1 nitrogen and oxygen atoms in total. The molecular weight excluding hydrogens is 258 g/mol. The summed E-state index contributed by atoms with van der Waals surface area (Å²) in [6.45, 7) is 3.25. The van der Waals surface area contributed by atoms with E-state index in [9.17, 15) is 0 Å². The number of fused-ring (bicyclic) bond motifs is 1. The highest BCUT2D eigenvalue weighted by Gasteiger charge is 2.29. The zero-order chi connectivity index (χ0) is 12.4. The van der Waals surface area contributed by atoms with E-state index in [2.05, 4.69) is 41.2 Å². The van der Waals surface area contributed by atoms with E-state index in [0.29, 0.717) is 12.0 Å². The molecule has 0 aromatic carbocycles. The van der Waals surface area contributed by atoms with Gasteiger partial charge in [-0.3, -0.25) is 0 Å². The molecule has 1 aliphatic carbocycles. The average molecular weight is 277 g/mol. The van der Waals surface area contributed by atoms with Crippen molar-refractivity contribution in [3.8, 4) is 0 Å². The molecule has 0 saturated carbocycles. The first-order chi connectivity index (χ1) is 8.90. The fraction of sp³-hybridized carbons (Fsp3) is 0.467. The summed E-state index contributed by atoms with van der Waals surface area (Å²) in [4.78, 5) is 3.10. The minimum absolute atomic E-state index is 0.503. The van der Waals surface area contributed by atoms with Crippen molar-refractivity contribution in [2.75, 3.05) is 6.54 Å². The van der Waals surface area contributed by atoms with Crippen LogP contribution in [0.25, 0.3) is 0 Å². The van der Waals surface area contributed by atoms with Crippen LogP contribution in [-0.2, 0) is 6.42 Å². The molecule has 2 atom stereocenters. The van der Waals surface area contributed by atoms with Crippen LogP contribution in [0.15, 0.2) is 29.0 Å². The Labute approximate surface area is 117 Å². The molecule has 0 radical (unpaired) electrons. The molecule has 2 heterocycles. The van der Waals surface area contributed by atoms with Gasteiger partial charge in [-0.25, -0.2) is 0 Å². The topological polar surface area (TPSA) is 12.0 Å². The van der Waals surface area contributed by atoms with E-state index in [0.717, 1.165) is 6.54 Å². The summed E-state index contributed by atoms with van der Waals surface area (Å²) in [5.41, 5.74) is 1.60. The zero-order valence-electron chi connectivity index (χ0n) is 10.7. The van der Waals surface area contributed by atoms with Gasteiger partial charge in [0, 0.05) is 21.7 Å². The predicted molar refractivity (Wildman–Crippen MR) is 80.7 cm³/mol. The van der Waals surface area contributed by atoms with Crippen LogP contribution in [0.4, 0.5) is 0 Å². The number of hydrogen-bond donors (Lipinski definition) is 1. The number of hydrogen-bond acceptors (Lipinski definition) is 3. The predicted octanol–water partition coefficient (Wildman–Crippen LogP) is 4.58. The summed E-state index contributed by atoms with van der Waals surface area (Å²) in [7, 11) is 0. The molecular formula is C15H19NS2. The van der Waals surface area contributed by atoms with Gasteiger partial charge in [0.15, 0.2) is 0 Å². The number of nitrogens with one attached hydrogen (secondary N) is 1. The quantitative estimate of drug-likeness (QED) is 0.862. The van der Waals surface area contributed by atoms with Crippen LogP contribution in [-0.4, -0.2) is 6.54 Å². The molecule has 0 fully saturated rings. The Morgan fingerprint density at radius 1 is 1.33 bits per heavy atom. The van der Waals surface area contributed by atoms with Crippen molar-refractivity contribution in [2.45, 2.75) is 38.1 Å². The van der Waals surface area contributed by atoms with Crippen LogP contribution in [0.1, 0.15) is 47.0 Å². The third-order valence-electron chi connectivity index (χ3n) is 3.77. The molecule has 0 aliphatic heterocycles. The first-order valence-corrected chi connectivity index (χ1v) is 8.49. The molecule has 2 aromatic heterocycles. The van der Waals surface area contributed by atoms with Gasteiger partial charge in [0.1, 0.15) is 0 Å². The van der Waals surface area contributed by atoms with Crippen molar-refractivity contribution in [1.82, 2.24) is 5.32 Å². The molecule has 3 heteroatoms. The van der Waals surface area contributed by atoms with Crippen LogP contribution in [0, 0.1) is 0 Å². The highest BCUT2D eigenvalue weighted by atomic mass is 32.1. The average Bonchev–Trinajstić information content (AvgIpc) is 3.06. The molecule has 1 aliphatic rings. The number of aryl methyl sites for hydroxylation is 1. The van der Waals surface area contributed by atoms with Gasteiger partial charge in [0.2, 0.25) is 0 Å². The van der Waals surface area contributed by atoms with E-state index in [1.54, 1.807) is 10.4 Å². The Bertz CT molecular complexity index is 486. The van der Waals surface area contributed by atoms with Crippen LogP contribution in [0.3, 0.4) is 0 Å². The second-order valence-corrected chi connectivity index (χ2v) is 6.83. The number of rotatable bonds is 4. The number of likely N-dealkylation sites (N-methyl/N-ethyl adjacent to an activating group) is 1. The van der Waals surface area contributed by atoms with E-state index in [4.69, 9.17) is 0 Å². The van der Waals surface area contributed by atoms with Crippen molar-refractivity contribution in [2.24, 2.45) is 0 Å². The first kappa shape index (κ1) is 12.4. The number of thiophene rings is 2. The summed E-state index contributed by atoms with van der Waals surface area (Å²) in [6.07, 6.45) is 3.94. The minimum Gasteiger partial charge on any atom is -0.309 e. The van der Waals surface area contributed by atoms with E-state index in [1.807, 2.05) is 22.7 Å². The van der Waals surface area contributed by atoms with Gasteiger partial charge in [-0.1, -0.05) is 13.0 Å². The second kappa shape index (κ2) is 5.55. The Hall–Kier alpha value is -0.640. The van der Waals surface area contributed by atoms with Gasteiger partial charge in [-0.05, 0) is 54.3 Å². The van der Waals surface area contributed by atoms with Crippen molar-refractivity contribution in [1.29, 1.82) is 0 Å². The Morgan fingerprint density at radius 2 is 2.28 bits per heavy atom. The van der Waals surface area contributed by atoms with E-state index in [-0.39, 0.29) is 0 Å². The fourth-order valence-electron chi connectivity index (χ4n) is 3.00. The molecule has 1 N–H and O–H groups in total. The summed E-state index contributed by atoms with van der Waals surface area (Å²) in [6, 6.07) is 7.30. The lowest BCUT2D eigenvalue weighted by Gasteiger charge is -2.30. The van der Waals surface area contributed by atoms with Gasteiger partial charge in [0.25, 0.3) is 0 Å². The van der Waals surface area contributed by atoms with Crippen LogP contribution >= 0.6 is 22.7 Å².